The first-order valence-electron chi connectivity index (χ1n) is 8.25. The average Bonchev–Trinajstić information content (AvgIpc) is 2.95. The van der Waals surface area contributed by atoms with Crippen LogP contribution in [0.1, 0.15) is 33.0 Å². The Bertz CT molecular complexity index is 1010. The molecule has 0 aliphatic carbocycles. The minimum Gasteiger partial charge on any atom is -0.456 e. The summed E-state index contributed by atoms with van der Waals surface area (Å²) in [5.41, 5.74) is 0.800. The molecule has 150 valence electrons. The van der Waals surface area contributed by atoms with Gasteiger partial charge in [-0.3, -0.25) is 14.4 Å². The SMILES string of the molecule is Cc1cc(C(=O)CCC(=O)OCC(=O)Nc2cccc(S(N)(=O)=O)c2)c(C)s1. The fourth-order valence-electron chi connectivity index (χ4n) is 2.42. The van der Waals surface area contributed by atoms with Gasteiger partial charge in [0.2, 0.25) is 10.0 Å². The van der Waals surface area contributed by atoms with Crippen LogP contribution >= 0.6 is 11.3 Å². The number of ether oxygens (including phenoxy) is 1. The van der Waals surface area contributed by atoms with E-state index in [1.54, 1.807) is 6.07 Å². The number of primary sulfonamides is 1. The summed E-state index contributed by atoms with van der Waals surface area (Å²) in [4.78, 5) is 37.5. The molecule has 8 nitrogen and oxygen atoms in total. The van der Waals surface area contributed by atoms with Crippen LogP contribution in [0.3, 0.4) is 0 Å². The number of ketones is 1. The molecule has 0 fully saturated rings. The second-order valence-electron chi connectivity index (χ2n) is 6.03. The summed E-state index contributed by atoms with van der Waals surface area (Å²) in [6.45, 7) is 3.20. The monoisotopic (exact) mass is 424 g/mol. The van der Waals surface area contributed by atoms with Crippen LogP contribution < -0.4 is 10.5 Å². The molecule has 0 radical (unpaired) electrons. The van der Waals surface area contributed by atoms with Gasteiger partial charge in [0, 0.05) is 27.4 Å². The van der Waals surface area contributed by atoms with Gasteiger partial charge in [0.15, 0.2) is 12.4 Å². The number of anilines is 1. The van der Waals surface area contributed by atoms with E-state index in [-0.39, 0.29) is 29.2 Å². The number of benzene rings is 1. The van der Waals surface area contributed by atoms with Gasteiger partial charge in [-0.25, -0.2) is 13.6 Å². The highest BCUT2D eigenvalue weighted by molar-refractivity contribution is 7.89. The number of esters is 1. The fourth-order valence-corrected chi connectivity index (χ4v) is 3.93. The molecule has 1 heterocycles. The summed E-state index contributed by atoms with van der Waals surface area (Å²) in [5.74, 6) is -1.47. The molecule has 2 aromatic rings. The average molecular weight is 425 g/mol. The molecule has 3 N–H and O–H groups in total. The van der Waals surface area contributed by atoms with Crippen molar-refractivity contribution in [1.82, 2.24) is 0 Å². The van der Waals surface area contributed by atoms with Crippen LogP contribution in [0.2, 0.25) is 0 Å². The number of carbonyl (C=O) groups excluding carboxylic acids is 3. The lowest BCUT2D eigenvalue weighted by Crippen LogP contribution is -2.21. The molecule has 0 bridgehead atoms. The van der Waals surface area contributed by atoms with Gasteiger partial charge in [-0.05, 0) is 38.1 Å². The van der Waals surface area contributed by atoms with Crippen molar-refractivity contribution in [1.29, 1.82) is 0 Å². The zero-order valence-corrected chi connectivity index (χ0v) is 17.0. The third-order valence-electron chi connectivity index (χ3n) is 3.71. The number of nitrogens with one attached hydrogen (secondary N) is 1. The molecule has 28 heavy (non-hydrogen) atoms. The maximum Gasteiger partial charge on any atom is 0.306 e. The van der Waals surface area contributed by atoms with Crippen LogP contribution in [0.4, 0.5) is 5.69 Å². The molecule has 0 aliphatic heterocycles. The van der Waals surface area contributed by atoms with Crippen molar-refractivity contribution in [2.45, 2.75) is 31.6 Å². The first-order chi connectivity index (χ1) is 13.1. The third-order valence-corrected chi connectivity index (χ3v) is 5.59. The molecule has 0 aliphatic rings. The summed E-state index contributed by atoms with van der Waals surface area (Å²) < 4.78 is 27.5. The van der Waals surface area contributed by atoms with Crippen molar-refractivity contribution in [3.05, 3.63) is 45.6 Å². The highest BCUT2D eigenvalue weighted by atomic mass is 32.2. The Kier molecular flexibility index (Phi) is 7.05. The highest BCUT2D eigenvalue weighted by Gasteiger charge is 2.15. The minimum absolute atomic E-state index is 0.00608. The van der Waals surface area contributed by atoms with E-state index in [9.17, 15) is 22.8 Å². The Hall–Kier alpha value is -2.56. The summed E-state index contributed by atoms with van der Waals surface area (Å²) in [6, 6.07) is 7.16. The molecule has 0 spiro atoms. The van der Waals surface area contributed by atoms with Crippen molar-refractivity contribution in [3.63, 3.8) is 0 Å². The lowest BCUT2D eigenvalue weighted by atomic mass is 10.1. The van der Waals surface area contributed by atoms with Gasteiger partial charge in [-0.2, -0.15) is 0 Å². The van der Waals surface area contributed by atoms with Crippen LogP contribution in [0.15, 0.2) is 35.2 Å². The van der Waals surface area contributed by atoms with E-state index in [0.717, 1.165) is 9.75 Å². The van der Waals surface area contributed by atoms with Gasteiger partial charge in [-0.15, -0.1) is 11.3 Å². The molecule has 0 saturated heterocycles. The van der Waals surface area contributed by atoms with Crippen molar-refractivity contribution in [3.8, 4) is 0 Å². The topological polar surface area (TPSA) is 133 Å². The van der Waals surface area contributed by atoms with E-state index in [1.165, 1.54) is 35.6 Å². The number of rotatable bonds is 8. The fraction of sp³-hybridized carbons (Fsp3) is 0.278. The molecular formula is C18H20N2O6S2. The van der Waals surface area contributed by atoms with Gasteiger partial charge >= 0.3 is 5.97 Å². The number of carbonyl (C=O) groups is 3. The standard InChI is InChI=1S/C18H20N2O6S2/c1-11-8-15(12(2)27-11)16(21)6-7-18(23)26-10-17(22)20-13-4-3-5-14(9-13)28(19,24)25/h3-5,8-9H,6-7,10H2,1-2H3,(H,20,22)(H2,19,24,25). The van der Waals surface area contributed by atoms with E-state index in [4.69, 9.17) is 9.88 Å². The van der Waals surface area contributed by atoms with Crippen LogP contribution in [0.25, 0.3) is 0 Å². The Morgan fingerprint density at radius 3 is 2.46 bits per heavy atom. The summed E-state index contributed by atoms with van der Waals surface area (Å²) in [7, 11) is -3.89. The van der Waals surface area contributed by atoms with E-state index < -0.39 is 28.5 Å². The zero-order valence-electron chi connectivity index (χ0n) is 15.4. The van der Waals surface area contributed by atoms with E-state index >= 15 is 0 Å². The predicted octanol–water partition coefficient (Wildman–Crippen LogP) is 2.16. The van der Waals surface area contributed by atoms with Gasteiger partial charge in [0.1, 0.15) is 0 Å². The number of hydrogen-bond donors (Lipinski definition) is 2. The first kappa shape index (κ1) is 21.7. The van der Waals surface area contributed by atoms with Gasteiger partial charge in [0.05, 0.1) is 11.3 Å². The second-order valence-corrected chi connectivity index (χ2v) is 9.05. The predicted molar refractivity (Wildman–Crippen MR) is 105 cm³/mol. The third kappa shape index (κ3) is 6.25. The Labute approximate surface area is 166 Å². The molecule has 0 unspecified atom stereocenters. The van der Waals surface area contributed by atoms with Crippen LogP contribution in [0.5, 0.6) is 0 Å². The summed E-state index contributed by atoms with van der Waals surface area (Å²) in [6.07, 6.45) is -0.144. The number of nitrogens with two attached hydrogens (primary N) is 1. The molecule has 1 aromatic heterocycles. The van der Waals surface area contributed by atoms with Crippen LogP contribution in [-0.4, -0.2) is 32.7 Å². The van der Waals surface area contributed by atoms with Crippen molar-refractivity contribution in [2.24, 2.45) is 5.14 Å². The van der Waals surface area contributed by atoms with Crippen LogP contribution in [-0.2, 0) is 24.3 Å². The maximum atomic E-state index is 12.1. The van der Waals surface area contributed by atoms with Crippen molar-refractivity contribution in [2.75, 3.05) is 11.9 Å². The molecule has 1 aromatic carbocycles. The van der Waals surface area contributed by atoms with Gasteiger partial charge in [0.25, 0.3) is 5.91 Å². The smallest absolute Gasteiger partial charge is 0.306 e. The molecule has 10 heteroatoms. The number of sulfonamides is 1. The van der Waals surface area contributed by atoms with Gasteiger partial charge < -0.3 is 10.1 Å². The molecule has 1 amide bonds. The lowest BCUT2D eigenvalue weighted by Gasteiger charge is -2.07. The molecule has 2 rings (SSSR count). The van der Waals surface area contributed by atoms with Crippen LogP contribution in [0, 0.1) is 13.8 Å². The lowest BCUT2D eigenvalue weighted by molar-refractivity contribution is -0.147. The minimum atomic E-state index is -3.89. The van der Waals surface area contributed by atoms with Crippen molar-refractivity contribution >= 4 is 44.7 Å². The van der Waals surface area contributed by atoms with E-state index in [0.29, 0.717) is 5.56 Å². The number of aryl methyl sites for hydroxylation is 2. The molecule has 0 saturated carbocycles. The summed E-state index contributed by atoms with van der Waals surface area (Å²) >= 11 is 1.51. The van der Waals surface area contributed by atoms with E-state index in [1.807, 2.05) is 13.8 Å². The number of thiophene rings is 1. The Morgan fingerprint density at radius 2 is 1.86 bits per heavy atom. The maximum absolute atomic E-state index is 12.1. The number of hydrogen-bond acceptors (Lipinski definition) is 7. The normalized spacial score (nSPS) is 11.1. The van der Waals surface area contributed by atoms with E-state index in [2.05, 4.69) is 5.32 Å². The first-order valence-corrected chi connectivity index (χ1v) is 10.6. The largest absolute Gasteiger partial charge is 0.456 e. The zero-order chi connectivity index (χ0) is 20.9. The summed E-state index contributed by atoms with van der Waals surface area (Å²) in [5, 5.41) is 7.44. The number of amides is 1. The quantitative estimate of drug-likeness (QED) is 0.493. The Balaban J connectivity index is 1.80. The van der Waals surface area contributed by atoms with Crippen molar-refractivity contribution < 1.29 is 27.5 Å². The molecule has 0 atom stereocenters. The highest BCUT2D eigenvalue weighted by Crippen LogP contribution is 2.22. The van der Waals surface area contributed by atoms with Gasteiger partial charge in [-0.1, -0.05) is 6.07 Å². The second kappa shape index (κ2) is 9.09. The molecular weight excluding hydrogens is 404 g/mol. The Morgan fingerprint density at radius 1 is 1.14 bits per heavy atom. The number of Topliss-reactive ketones (excluding diaryl/α,β-unsaturated/α-hetero) is 1.